The molecule has 2 N–H and O–H groups in total. The SMILES string of the molecule is N#Cc1cc(F)cc(NCCCCO)c1. The van der Waals surface area contributed by atoms with E-state index in [1.54, 1.807) is 6.07 Å². The van der Waals surface area contributed by atoms with E-state index in [0.29, 0.717) is 24.2 Å². The summed E-state index contributed by atoms with van der Waals surface area (Å²) in [5.74, 6) is -0.418. The third kappa shape index (κ3) is 3.96. The van der Waals surface area contributed by atoms with Gasteiger partial charge in [-0.25, -0.2) is 4.39 Å². The fourth-order valence-electron chi connectivity index (χ4n) is 1.23. The maximum absolute atomic E-state index is 13.0. The molecule has 15 heavy (non-hydrogen) atoms. The van der Waals surface area contributed by atoms with Gasteiger partial charge in [0.2, 0.25) is 0 Å². The molecular weight excluding hydrogens is 195 g/mol. The van der Waals surface area contributed by atoms with Gasteiger partial charge < -0.3 is 10.4 Å². The van der Waals surface area contributed by atoms with Crippen LogP contribution < -0.4 is 5.32 Å². The van der Waals surface area contributed by atoms with E-state index >= 15 is 0 Å². The Morgan fingerprint density at radius 1 is 1.33 bits per heavy atom. The van der Waals surface area contributed by atoms with E-state index in [9.17, 15) is 4.39 Å². The molecule has 1 aromatic carbocycles. The van der Waals surface area contributed by atoms with Crippen molar-refractivity contribution in [2.75, 3.05) is 18.5 Å². The minimum Gasteiger partial charge on any atom is -0.396 e. The monoisotopic (exact) mass is 208 g/mol. The quantitative estimate of drug-likeness (QED) is 0.726. The normalized spacial score (nSPS) is 9.67. The third-order valence-electron chi connectivity index (χ3n) is 1.94. The van der Waals surface area contributed by atoms with E-state index < -0.39 is 5.82 Å². The average molecular weight is 208 g/mol. The molecule has 0 amide bonds. The summed E-state index contributed by atoms with van der Waals surface area (Å²) in [5.41, 5.74) is 0.907. The van der Waals surface area contributed by atoms with Crippen LogP contribution >= 0.6 is 0 Å². The third-order valence-corrected chi connectivity index (χ3v) is 1.94. The number of aliphatic hydroxyl groups excluding tert-OH is 1. The maximum atomic E-state index is 13.0. The van der Waals surface area contributed by atoms with Gasteiger partial charge in [0.15, 0.2) is 0 Å². The van der Waals surface area contributed by atoms with Gasteiger partial charge in [0, 0.05) is 18.8 Å². The molecule has 80 valence electrons. The van der Waals surface area contributed by atoms with Crippen molar-refractivity contribution in [2.24, 2.45) is 0 Å². The Kier molecular flexibility index (Phi) is 4.58. The maximum Gasteiger partial charge on any atom is 0.126 e. The molecule has 0 bridgehead atoms. The molecule has 0 aliphatic heterocycles. The van der Waals surface area contributed by atoms with Crippen LogP contribution in [0.4, 0.5) is 10.1 Å². The first-order valence-electron chi connectivity index (χ1n) is 4.81. The molecule has 0 spiro atoms. The minimum atomic E-state index is -0.418. The van der Waals surface area contributed by atoms with Gasteiger partial charge in [0.1, 0.15) is 5.82 Å². The van der Waals surface area contributed by atoms with Crippen molar-refractivity contribution in [2.45, 2.75) is 12.8 Å². The van der Waals surface area contributed by atoms with Gasteiger partial charge in [-0.3, -0.25) is 0 Å². The lowest BCUT2D eigenvalue weighted by Gasteiger charge is -2.05. The Morgan fingerprint density at radius 2 is 2.13 bits per heavy atom. The number of halogens is 1. The number of anilines is 1. The van der Waals surface area contributed by atoms with Crippen LogP contribution in [0.25, 0.3) is 0 Å². The molecule has 0 fully saturated rings. The number of aliphatic hydroxyl groups is 1. The molecule has 3 nitrogen and oxygen atoms in total. The highest BCUT2D eigenvalue weighted by atomic mass is 19.1. The lowest BCUT2D eigenvalue weighted by Crippen LogP contribution is -2.02. The summed E-state index contributed by atoms with van der Waals surface area (Å²) in [6.45, 7) is 0.823. The fourth-order valence-corrected chi connectivity index (χ4v) is 1.23. The molecule has 1 rings (SSSR count). The minimum absolute atomic E-state index is 0.161. The van der Waals surface area contributed by atoms with Gasteiger partial charge in [-0.1, -0.05) is 0 Å². The molecule has 0 aliphatic rings. The Morgan fingerprint density at radius 3 is 2.80 bits per heavy atom. The first-order chi connectivity index (χ1) is 7.26. The van der Waals surface area contributed by atoms with E-state index in [2.05, 4.69) is 5.32 Å². The largest absolute Gasteiger partial charge is 0.396 e. The van der Waals surface area contributed by atoms with Gasteiger partial charge in [-0.15, -0.1) is 0 Å². The zero-order chi connectivity index (χ0) is 11.1. The van der Waals surface area contributed by atoms with Gasteiger partial charge in [-0.05, 0) is 31.0 Å². The molecule has 0 atom stereocenters. The summed E-state index contributed by atoms with van der Waals surface area (Å²) in [4.78, 5) is 0. The van der Waals surface area contributed by atoms with Gasteiger partial charge in [0.05, 0.1) is 11.6 Å². The zero-order valence-electron chi connectivity index (χ0n) is 8.33. The first kappa shape index (κ1) is 11.5. The summed E-state index contributed by atoms with van der Waals surface area (Å²) < 4.78 is 13.0. The van der Waals surface area contributed by atoms with Crippen LogP contribution in [0.3, 0.4) is 0 Å². The molecular formula is C11H13FN2O. The number of rotatable bonds is 5. The van der Waals surface area contributed by atoms with Gasteiger partial charge in [0.25, 0.3) is 0 Å². The highest BCUT2D eigenvalue weighted by molar-refractivity contribution is 5.49. The lowest BCUT2D eigenvalue weighted by atomic mass is 10.2. The van der Waals surface area contributed by atoms with E-state index in [0.717, 1.165) is 6.42 Å². The smallest absolute Gasteiger partial charge is 0.126 e. The molecule has 0 heterocycles. The standard InChI is InChI=1S/C11H13FN2O/c12-10-5-9(8-13)6-11(7-10)14-3-1-2-4-15/h5-7,14-15H,1-4H2. The number of nitriles is 1. The number of unbranched alkanes of at least 4 members (excludes halogenated alkanes) is 1. The lowest BCUT2D eigenvalue weighted by molar-refractivity contribution is 0.286. The Bertz CT molecular complexity index is 360. The van der Waals surface area contributed by atoms with Crippen LogP contribution in [0.5, 0.6) is 0 Å². The van der Waals surface area contributed by atoms with Gasteiger partial charge >= 0.3 is 0 Å². The predicted octanol–water partition coefficient (Wildman–Crippen LogP) is 1.88. The molecule has 0 unspecified atom stereocenters. The van der Waals surface area contributed by atoms with Gasteiger partial charge in [-0.2, -0.15) is 5.26 Å². The number of hydrogen-bond acceptors (Lipinski definition) is 3. The Hall–Kier alpha value is -1.60. The summed E-state index contributed by atoms with van der Waals surface area (Å²) >= 11 is 0. The van der Waals surface area contributed by atoms with Crippen molar-refractivity contribution in [1.29, 1.82) is 5.26 Å². The van der Waals surface area contributed by atoms with Crippen LogP contribution in [-0.2, 0) is 0 Å². The number of hydrogen-bond donors (Lipinski definition) is 2. The van der Waals surface area contributed by atoms with E-state index in [-0.39, 0.29) is 6.61 Å². The second-order valence-corrected chi connectivity index (χ2v) is 3.20. The summed E-state index contributed by atoms with van der Waals surface area (Å²) in [5, 5.41) is 20.2. The molecule has 0 saturated heterocycles. The van der Waals surface area contributed by atoms with Crippen LogP contribution in [0.2, 0.25) is 0 Å². The first-order valence-corrected chi connectivity index (χ1v) is 4.81. The molecule has 4 heteroatoms. The number of benzene rings is 1. The highest BCUT2D eigenvalue weighted by Gasteiger charge is 1.99. The second kappa shape index (κ2) is 5.99. The molecule has 0 aromatic heterocycles. The molecule has 1 aromatic rings. The van der Waals surface area contributed by atoms with E-state index in [4.69, 9.17) is 10.4 Å². The summed E-state index contributed by atoms with van der Waals surface area (Å²) in [6.07, 6.45) is 1.53. The Labute approximate surface area is 88.2 Å². The van der Waals surface area contributed by atoms with Crippen LogP contribution in [-0.4, -0.2) is 18.3 Å². The highest BCUT2D eigenvalue weighted by Crippen LogP contribution is 2.13. The number of nitrogens with zero attached hydrogens (tertiary/aromatic N) is 1. The fraction of sp³-hybridized carbons (Fsp3) is 0.364. The zero-order valence-corrected chi connectivity index (χ0v) is 8.33. The predicted molar refractivity (Wildman–Crippen MR) is 55.9 cm³/mol. The van der Waals surface area contributed by atoms with Crippen molar-refractivity contribution in [3.05, 3.63) is 29.6 Å². The van der Waals surface area contributed by atoms with Crippen molar-refractivity contribution < 1.29 is 9.50 Å². The van der Waals surface area contributed by atoms with E-state index in [1.807, 2.05) is 6.07 Å². The topological polar surface area (TPSA) is 56.0 Å². The van der Waals surface area contributed by atoms with Crippen LogP contribution in [0.15, 0.2) is 18.2 Å². The van der Waals surface area contributed by atoms with Crippen molar-refractivity contribution in [3.8, 4) is 6.07 Å². The molecule has 0 saturated carbocycles. The Balaban J connectivity index is 2.54. The van der Waals surface area contributed by atoms with Crippen LogP contribution in [0, 0.1) is 17.1 Å². The molecule has 0 aliphatic carbocycles. The molecule has 0 radical (unpaired) electrons. The van der Waals surface area contributed by atoms with Crippen LogP contribution in [0.1, 0.15) is 18.4 Å². The van der Waals surface area contributed by atoms with Crippen molar-refractivity contribution in [3.63, 3.8) is 0 Å². The van der Waals surface area contributed by atoms with Crippen molar-refractivity contribution >= 4 is 5.69 Å². The second-order valence-electron chi connectivity index (χ2n) is 3.20. The van der Waals surface area contributed by atoms with Crippen molar-refractivity contribution in [1.82, 2.24) is 0 Å². The average Bonchev–Trinajstić information content (AvgIpc) is 2.23. The van der Waals surface area contributed by atoms with E-state index in [1.165, 1.54) is 12.1 Å². The summed E-state index contributed by atoms with van der Waals surface area (Å²) in [6, 6.07) is 6.03. The summed E-state index contributed by atoms with van der Waals surface area (Å²) in [7, 11) is 0. The number of nitrogens with one attached hydrogen (secondary N) is 1.